The predicted molar refractivity (Wildman–Crippen MR) is 121 cm³/mol. The molecule has 1 aromatic rings. The molecule has 3 atom stereocenters. The van der Waals surface area contributed by atoms with Gasteiger partial charge in [-0.2, -0.15) is 0 Å². The lowest BCUT2D eigenvalue weighted by molar-refractivity contribution is -0.148. The molecule has 1 saturated heterocycles. The molecule has 1 aromatic carbocycles. The fraction of sp³-hybridized carbons (Fsp3) is 0.522. The third kappa shape index (κ3) is 5.27. The van der Waals surface area contributed by atoms with Crippen molar-refractivity contribution in [1.29, 1.82) is 0 Å². The van der Waals surface area contributed by atoms with Crippen LogP contribution in [0.25, 0.3) is 0 Å². The molecule has 2 aliphatic rings. The molecule has 0 N–H and O–H groups in total. The first-order valence-electron chi connectivity index (χ1n) is 10.7. The molecular weight excluding hydrogens is 455 g/mol. The minimum atomic E-state index is -0.536. The van der Waals surface area contributed by atoms with Crippen molar-refractivity contribution in [3.05, 3.63) is 45.1 Å². The first-order chi connectivity index (χ1) is 15.1. The fourth-order valence-corrected chi connectivity index (χ4v) is 4.61. The molecule has 0 radical (unpaired) electrons. The highest BCUT2D eigenvalue weighted by molar-refractivity contribution is 6.42. The minimum absolute atomic E-state index is 0.0205. The Kier molecular flexibility index (Phi) is 7.85. The van der Waals surface area contributed by atoms with Crippen LogP contribution in [-0.4, -0.2) is 66.0 Å². The number of hydrogen-bond donors (Lipinski definition) is 0. The lowest BCUT2D eigenvalue weighted by atomic mass is 9.83. The SMILES string of the molecule is CCOC(=O)C1=C(C)N(CC(=O)N2CC(C)OC(C)C2)C(=O)CC1c1ccc(Cl)c(Cl)c1. The Labute approximate surface area is 198 Å². The quantitative estimate of drug-likeness (QED) is 0.596. The molecule has 0 saturated carbocycles. The van der Waals surface area contributed by atoms with Gasteiger partial charge in [-0.25, -0.2) is 4.79 Å². The Morgan fingerprint density at radius 3 is 2.41 bits per heavy atom. The third-order valence-corrected chi connectivity index (χ3v) is 6.47. The van der Waals surface area contributed by atoms with E-state index in [1.807, 2.05) is 13.8 Å². The zero-order chi connectivity index (χ0) is 23.6. The summed E-state index contributed by atoms with van der Waals surface area (Å²) < 4.78 is 11.0. The van der Waals surface area contributed by atoms with Crippen molar-refractivity contribution in [3.63, 3.8) is 0 Å². The van der Waals surface area contributed by atoms with E-state index >= 15 is 0 Å². The summed E-state index contributed by atoms with van der Waals surface area (Å²) in [4.78, 5) is 42.1. The number of hydrogen-bond acceptors (Lipinski definition) is 5. The van der Waals surface area contributed by atoms with E-state index in [0.29, 0.717) is 40.0 Å². The molecule has 32 heavy (non-hydrogen) atoms. The van der Waals surface area contributed by atoms with Crippen molar-refractivity contribution < 1.29 is 23.9 Å². The molecule has 0 spiro atoms. The molecule has 0 aromatic heterocycles. The van der Waals surface area contributed by atoms with Gasteiger partial charge in [0.05, 0.1) is 34.4 Å². The Morgan fingerprint density at radius 2 is 1.81 bits per heavy atom. The van der Waals surface area contributed by atoms with Gasteiger partial charge in [0, 0.05) is 31.1 Å². The summed E-state index contributed by atoms with van der Waals surface area (Å²) >= 11 is 12.2. The van der Waals surface area contributed by atoms with Crippen molar-refractivity contribution in [2.24, 2.45) is 0 Å². The second-order valence-corrected chi connectivity index (χ2v) is 9.00. The Morgan fingerprint density at radius 1 is 1.16 bits per heavy atom. The van der Waals surface area contributed by atoms with E-state index in [1.54, 1.807) is 36.9 Å². The minimum Gasteiger partial charge on any atom is -0.463 e. The van der Waals surface area contributed by atoms with Crippen LogP contribution >= 0.6 is 23.2 Å². The number of morpholine rings is 1. The number of carbonyl (C=O) groups is 3. The van der Waals surface area contributed by atoms with E-state index in [1.165, 1.54) is 4.90 Å². The van der Waals surface area contributed by atoms with Crippen LogP contribution in [0.4, 0.5) is 0 Å². The molecule has 0 bridgehead atoms. The first-order valence-corrected chi connectivity index (χ1v) is 11.4. The van der Waals surface area contributed by atoms with Crippen molar-refractivity contribution in [2.75, 3.05) is 26.2 Å². The topological polar surface area (TPSA) is 76.2 Å². The van der Waals surface area contributed by atoms with Gasteiger partial charge in [0.15, 0.2) is 0 Å². The molecule has 2 amide bonds. The number of carbonyl (C=O) groups excluding carboxylic acids is 3. The van der Waals surface area contributed by atoms with Gasteiger partial charge in [-0.3, -0.25) is 9.59 Å². The van der Waals surface area contributed by atoms with E-state index in [-0.39, 0.29) is 43.6 Å². The maximum atomic E-state index is 13.1. The maximum absolute atomic E-state index is 13.1. The van der Waals surface area contributed by atoms with Gasteiger partial charge in [0.2, 0.25) is 11.8 Å². The number of halogens is 2. The smallest absolute Gasteiger partial charge is 0.336 e. The van der Waals surface area contributed by atoms with E-state index < -0.39 is 11.9 Å². The fourth-order valence-electron chi connectivity index (χ4n) is 4.31. The van der Waals surface area contributed by atoms with E-state index in [4.69, 9.17) is 32.7 Å². The summed E-state index contributed by atoms with van der Waals surface area (Å²) in [5.74, 6) is -1.48. The van der Waals surface area contributed by atoms with Gasteiger partial charge < -0.3 is 19.3 Å². The average molecular weight is 483 g/mol. The number of benzene rings is 1. The molecule has 9 heteroatoms. The Balaban J connectivity index is 1.93. The lowest BCUT2D eigenvalue weighted by Gasteiger charge is -2.38. The lowest BCUT2D eigenvalue weighted by Crippen LogP contribution is -2.52. The molecule has 3 unspecified atom stereocenters. The zero-order valence-corrected chi connectivity index (χ0v) is 20.2. The van der Waals surface area contributed by atoms with Gasteiger partial charge in [-0.1, -0.05) is 29.3 Å². The van der Waals surface area contributed by atoms with Gasteiger partial charge in [0.1, 0.15) is 6.54 Å². The van der Waals surface area contributed by atoms with E-state index in [0.717, 1.165) is 0 Å². The molecular formula is C23H28Cl2N2O5. The van der Waals surface area contributed by atoms with Crippen LogP contribution in [-0.2, 0) is 23.9 Å². The number of esters is 1. The molecule has 1 fully saturated rings. The Hall–Kier alpha value is -2.09. The van der Waals surface area contributed by atoms with Gasteiger partial charge in [-0.15, -0.1) is 0 Å². The van der Waals surface area contributed by atoms with E-state index in [2.05, 4.69) is 0 Å². The van der Waals surface area contributed by atoms with Crippen LogP contribution in [0.15, 0.2) is 29.5 Å². The summed E-state index contributed by atoms with van der Waals surface area (Å²) in [5, 5.41) is 0.725. The van der Waals surface area contributed by atoms with Crippen LogP contribution in [0, 0.1) is 0 Å². The highest BCUT2D eigenvalue weighted by atomic mass is 35.5. The van der Waals surface area contributed by atoms with Crippen molar-refractivity contribution in [3.8, 4) is 0 Å². The Bertz CT molecular complexity index is 938. The van der Waals surface area contributed by atoms with Crippen molar-refractivity contribution in [2.45, 2.75) is 52.2 Å². The third-order valence-electron chi connectivity index (χ3n) is 5.73. The average Bonchev–Trinajstić information content (AvgIpc) is 2.72. The van der Waals surface area contributed by atoms with Crippen molar-refractivity contribution >= 4 is 41.0 Å². The summed E-state index contributed by atoms with van der Waals surface area (Å²) in [6.45, 7) is 8.20. The summed E-state index contributed by atoms with van der Waals surface area (Å²) in [5.41, 5.74) is 1.46. The molecule has 2 aliphatic heterocycles. The number of allylic oxidation sites excluding steroid dienone is 1. The number of amides is 2. The van der Waals surface area contributed by atoms with Gasteiger partial charge in [0.25, 0.3) is 0 Å². The second-order valence-electron chi connectivity index (χ2n) is 8.19. The summed E-state index contributed by atoms with van der Waals surface area (Å²) in [6, 6.07) is 5.04. The maximum Gasteiger partial charge on any atom is 0.336 e. The molecule has 3 rings (SSSR count). The summed E-state index contributed by atoms with van der Waals surface area (Å²) in [6.07, 6.45) is -0.136. The van der Waals surface area contributed by atoms with Gasteiger partial charge in [-0.05, 0) is 45.4 Å². The largest absolute Gasteiger partial charge is 0.463 e. The van der Waals surface area contributed by atoms with Gasteiger partial charge >= 0.3 is 5.97 Å². The highest BCUT2D eigenvalue weighted by Gasteiger charge is 2.38. The standard InChI is InChI=1S/C23H28Cl2N2O5/c1-5-31-23(30)22-15(4)27(12-21(29)26-10-13(2)32-14(3)11-26)20(28)9-17(22)16-6-7-18(24)19(25)8-16/h6-8,13-14,17H,5,9-12H2,1-4H3. The summed E-state index contributed by atoms with van der Waals surface area (Å²) in [7, 11) is 0. The molecule has 2 heterocycles. The van der Waals surface area contributed by atoms with Crippen LogP contribution in [0.3, 0.4) is 0 Å². The normalized spacial score (nSPS) is 24.1. The molecule has 0 aliphatic carbocycles. The monoisotopic (exact) mass is 482 g/mol. The zero-order valence-electron chi connectivity index (χ0n) is 18.7. The number of rotatable bonds is 5. The molecule has 174 valence electrons. The molecule has 7 nitrogen and oxygen atoms in total. The first kappa shape index (κ1) is 24.6. The van der Waals surface area contributed by atoms with Crippen LogP contribution in [0.1, 0.15) is 45.6 Å². The van der Waals surface area contributed by atoms with Crippen molar-refractivity contribution in [1.82, 2.24) is 9.80 Å². The predicted octanol–water partition coefficient (Wildman–Crippen LogP) is 3.78. The van der Waals surface area contributed by atoms with Crippen LogP contribution in [0.2, 0.25) is 10.0 Å². The number of nitrogens with zero attached hydrogens (tertiary/aromatic N) is 2. The van der Waals surface area contributed by atoms with Crippen LogP contribution < -0.4 is 0 Å². The highest BCUT2D eigenvalue weighted by Crippen LogP contribution is 2.39. The van der Waals surface area contributed by atoms with Crippen LogP contribution in [0.5, 0.6) is 0 Å². The number of ether oxygens (including phenoxy) is 2. The second kappa shape index (κ2) is 10.2. The van der Waals surface area contributed by atoms with E-state index in [9.17, 15) is 14.4 Å².